The lowest BCUT2D eigenvalue weighted by Crippen LogP contribution is -2.51. The summed E-state index contributed by atoms with van der Waals surface area (Å²) in [7, 11) is 2.35. The third-order valence-electron chi connectivity index (χ3n) is 7.03. The van der Waals surface area contributed by atoms with E-state index in [0.717, 1.165) is 41.9 Å². The number of rotatable bonds is 3. The van der Waals surface area contributed by atoms with E-state index < -0.39 is 0 Å². The van der Waals surface area contributed by atoms with E-state index in [1.165, 1.54) is 44.9 Å². The van der Waals surface area contributed by atoms with Crippen LogP contribution in [0.15, 0.2) is 0 Å². The molecule has 2 heteroatoms. The predicted octanol–water partition coefficient (Wildman–Crippen LogP) is 3.03. The minimum atomic E-state index is 0.767. The van der Waals surface area contributed by atoms with Gasteiger partial charge in [0.15, 0.2) is 0 Å². The number of fused-ring (bicyclic) bond motifs is 4. The molecule has 2 saturated heterocycles. The van der Waals surface area contributed by atoms with Gasteiger partial charge in [-0.2, -0.15) is 0 Å². The Morgan fingerprint density at radius 2 is 1.68 bits per heavy atom. The zero-order valence-corrected chi connectivity index (χ0v) is 12.6. The molecule has 2 aliphatic heterocycles. The molecule has 0 spiro atoms. The van der Waals surface area contributed by atoms with Crippen LogP contribution < -0.4 is 5.32 Å². The van der Waals surface area contributed by atoms with Crippen molar-refractivity contribution in [3.63, 3.8) is 0 Å². The van der Waals surface area contributed by atoms with Crippen LogP contribution in [0.25, 0.3) is 0 Å². The summed E-state index contributed by atoms with van der Waals surface area (Å²) < 4.78 is 0. The molecule has 1 N–H and O–H groups in total. The Bertz CT molecular complexity index is 328. The summed E-state index contributed by atoms with van der Waals surface area (Å²) in [5.41, 5.74) is 0. The third kappa shape index (κ3) is 2.15. The van der Waals surface area contributed by atoms with Crippen molar-refractivity contribution in [2.24, 2.45) is 17.8 Å². The van der Waals surface area contributed by atoms with Crippen molar-refractivity contribution < 1.29 is 0 Å². The van der Waals surface area contributed by atoms with Crippen molar-refractivity contribution in [2.45, 2.75) is 82.5 Å². The van der Waals surface area contributed by atoms with E-state index in [0.29, 0.717) is 0 Å². The molecule has 6 atom stereocenters. The van der Waals surface area contributed by atoms with Crippen molar-refractivity contribution in [2.75, 3.05) is 7.05 Å². The van der Waals surface area contributed by atoms with Gasteiger partial charge in [0, 0.05) is 24.2 Å². The van der Waals surface area contributed by atoms with Gasteiger partial charge in [0.2, 0.25) is 0 Å². The van der Waals surface area contributed by atoms with E-state index in [9.17, 15) is 0 Å². The SMILES string of the molecule is CC(NC1CC2CCC(C1)N2C)C1CC2CCC1C2. The first-order valence-electron chi connectivity index (χ1n) is 8.68. The van der Waals surface area contributed by atoms with Crippen LogP contribution in [-0.4, -0.2) is 36.1 Å². The van der Waals surface area contributed by atoms with E-state index in [-0.39, 0.29) is 0 Å². The first kappa shape index (κ1) is 12.6. The third-order valence-corrected chi connectivity index (χ3v) is 7.03. The first-order valence-corrected chi connectivity index (χ1v) is 8.68. The molecular weight excluding hydrogens is 232 g/mol. The van der Waals surface area contributed by atoms with Crippen LogP contribution in [0.4, 0.5) is 0 Å². The van der Waals surface area contributed by atoms with Crippen LogP contribution in [0, 0.1) is 17.8 Å². The Labute approximate surface area is 118 Å². The van der Waals surface area contributed by atoms with Crippen molar-refractivity contribution in [1.29, 1.82) is 0 Å². The second-order valence-corrected chi connectivity index (χ2v) is 8.01. The topological polar surface area (TPSA) is 15.3 Å². The fourth-order valence-electron chi connectivity index (χ4n) is 5.95. The molecule has 2 heterocycles. The maximum atomic E-state index is 4.04. The van der Waals surface area contributed by atoms with Gasteiger partial charge in [-0.3, -0.25) is 0 Å². The van der Waals surface area contributed by atoms with Crippen LogP contribution >= 0.6 is 0 Å². The fraction of sp³-hybridized carbons (Fsp3) is 1.00. The molecule has 2 saturated carbocycles. The van der Waals surface area contributed by atoms with Crippen LogP contribution in [0.5, 0.6) is 0 Å². The molecule has 0 aromatic carbocycles. The number of nitrogens with zero attached hydrogens (tertiary/aromatic N) is 1. The standard InChI is InChI=1S/C17H30N2/c1-11(17-8-12-3-4-13(17)7-12)18-14-9-15-5-6-16(10-14)19(15)2/h11-18H,3-10H2,1-2H3. The minimum absolute atomic E-state index is 0.767. The van der Waals surface area contributed by atoms with Crippen LogP contribution in [-0.2, 0) is 0 Å². The van der Waals surface area contributed by atoms with Crippen molar-refractivity contribution >= 4 is 0 Å². The molecule has 0 radical (unpaired) electrons. The molecule has 4 fully saturated rings. The second kappa shape index (κ2) is 4.73. The van der Waals surface area contributed by atoms with E-state index >= 15 is 0 Å². The highest BCUT2D eigenvalue weighted by molar-refractivity contribution is 4.99. The molecule has 4 aliphatic rings. The normalized spacial score (nSPS) is 50.8. The molecule has 108 valence electrons. The summed E-state index contributed by atoms with van der Waals surface area (Å²) in [6.07, 6.45) is 11.8. The molecule has 6 unspecified atom stereocenters. The van der Waals surface area contributed by atoms with E-state index in [1.807, 2.05) is 0 Å². The number of nitrogens with one attached hydrogen (secondary N) is 1. The summed E-state index contributed by atoms with van der Waals surface area (Å²) >= 11 is 0. The highest BCUT2D eigenvalue weighted by atomic mass is 15.2. The summed E-state index contributed by atoms with van der Waals surface area (Å²) in [6, 6.07) is 3.33. The van der Waals surface area contributed by atoms with Crippen LogP contribution in [0.3, 0.4) is 0 Å². The maximum absolute atomic E-state index is 4.04. The van der Waals surface area contributed by atoms with Crippen molar-refractivity contribution in [3.05, 3.63) is 0 Å². The highest BCUT2D eigenvalue weighted by Crippen LogP contribution is 2.49. The quantitative estimate of drug-likeness (QED) is 0.841. The van der Waals surface area contributed by atoms with Gasteiger partial charge in [0.25, 0.3) is 0 Å². The number of hydrogen-bond acceptors (Lipinski definition) is 2. The van der Waals surface area contributed by atoms with Gasteiger partial charge in [0.1, 0.15) is 0 Å². The lowest BCUT2D eigenvalue weighted by Gasteiger charge is -2.39. The second-order valence-electron chi connectivity index (χ2n) is 8.01. The van der Waals surface area contributed by atoms with Gasteiger partial charge in [-0.25, -0.2) is 0 Å². The molecule has 0 amide bonds. The predicted molar refractivity (Wildman–Crippen MR) is 79.1 cm³/mol. The zero-order chi connectivity index (χ0) is 13.0. The lowest BCUT2D eigenvalue weighted by atomic mass is 9.83. The molecule has 19 heavy (non-hydrogen) atoms. The fourth-order valence-corrected chi connectivity index (χ4v) is 5.95. The van der Waals surface area contributed by atoms with E-state index in [4.69, 9.17) is 0 Å². The van der Waals surface area contributed by atoms with Crippen molar-refractivity contribution in [3.8, 4) is 0 Å². The Hall–Kier alpha value is -0.0800. The lowest BCUT2D eigenvalue weighted by molar-refractivity contribution is 0.132. The van der Waals surface area contributed by atoms with E-state index in [1.54, 1.807) is 6.42 Å². The molecule has 0 aromatic heterocycles. The average molecular weight is 262 g/mol. The summed E-state index contributed by atoms with van der Waals surface area (Å²) in [5, 5.41) is 4.04. The summed E-state index contributed by atoms with van der Waals surface area (Å²) in [5.74, 6) is 3.15. The molecular formula is C17H30N2. The smallest absolute Gasteiger partial charge is 0.0111 e. The average Bonchev–Trinajstić information content (AvgIpc) is 3.05. The monoisotopic (exact) mass is 262 g/mol. The maximum Gasteiger partial charge on any atom is 0.0111 e. The molecule has 2 nitrogen and oxygen atoms in total. The van der Waals surface area contributed by atoms with Crippen LogP contribution in [0.2, 0.25) is 0 Å². The Balaban J connectivity index is 1.35. The summed E-state index contributed by atoms with van der Waals surface area (Å²) in [6.45, 7) is 2.48. The molecule has 2 aliphatic carbocycles. The Morgan fingerprint density at radius 1 is 0.947 bits per heavy atom. The first-order chi connectivity index (χ1) is 9.20. The van der Waals surface area contributed by atoms with Crippen molar-refractivity contribution in [1.82, 2.24) is 10.2 Å². The van der Waals surface area contributed by atoms with Gasteiger partial charge in [-0.15, -0.1) is 0 Å². The zero-order valence-electron chi connectivity index (χ0n) is 12.6. The minimum Gasteiger partial charge on any atom is -0.311 e. The Morgan fingerprint density at radius 3 is 2.26 bits per heavy atom. The molecule has 4 rings (SSSR count). The van der Waals surface area contributed by atoms with Gasteiger partial charge in [-0.05, 0) is 76.7 Å². The molecule has 0 aromatic rings. The van der Waals surface area contributed by atoms with Gasteiger partial charge < -0.3 is 10.2 Å². The highest BCUT2D eigenvalue weighted by Gasteiger charge is 2.43. The van der Waals surface area contributed by atoms with Gasteiger partial charge in [-0.1, -0.05) is 6.42 Å². The largest absolute Gasteiger partial charge is 0.311 e. The number of hydrogen-bond donors (Lipinski definition) is 1. The number of piperidine rings is 1. The Kier molecular flexibility index (Phi) is 3.15. The van der Waals surface area contributed by atoms with Gasteiger partial charge >= 0.3 is 0 Å². The van der Waals surface area contributed by atoms with Crippen LogP contribution in [0.1, 0.15) is 58.3 Å². The van der Waals surface area contributed by atoms with E-state index in [2.05, 4.69) is 24.2 Å². The molecule has 4 bridgehead atoms. The summed E-state index contributed by atoms with van der Waals surface area (Å²) in [4.78, 5) is 2.65. The van der Waals surface area contributed by atoms with Gasteiger partial charge in [0.05, 0.1) is 0 Å².